The average molecular weight is 411 g/mol. The number of hydrogen-bond donors (Lipinski definition) is 2. The lowest BCUT2D eigenvalue weighted by molar-refractivity contribution is -0.116. The summed E-state index contributed by atoms with van der Waals surface area (Å²) in [5.74, 6) is 0.0689. The van der Waals surface area contributed by atoms with Crippen molar-refractivity contribution in [3.05, 3.63) is 83.0 Å². The van der Waals surface area contributed by atoms with Crippen molar-refractivity contribution >= 4 is 29.2 Å². The van der Waals surface area contributed by atoms with Crippen LogP contribution in [0.15, 0.2) is 66.9 Å². The van der Waals surface area contributed by atoms with Gasteiger partial charge in [-0.25, -0.2) is 4.68 Å². The van der Waals surface area contributed by atoms with Crippen LogP contribution in [0, 0.1) is 0 Å². The Morgan fingerprint density at radius 3 is 2.41 bits per heavy atom. The lowest BCUT2D eigenvalue weighted by atomic mass is 10.0. The van der Waals surface area contributed by atoms with E-state index in [9.17, 15) is 9.59 Å². The maximum Gasteiger partial charge on any atom is 0.253 e. The van der Waals surface area contributed by atoms with Crippen molar-refractivity contribution in [1.82, 2.24) is 15.1 Å². The van der Waals surface area contributed by atoms with E-state index in [0.717, 1.165) is 5.56 Å². The van der Waals surface area contributed by atoms with Crippen LogP contribution in [0.4, 0.5) is 5.82 Å². The molecule has 2 N–H and O–H groups in total. The van der Waals surface area contributed by atoms with Gasteiger partial charge in [0.2, 0.25) is 5.91 Å². The minimum absolute atomic E-state index is 0.0729. The molecule has 3 aromatic rings. The molecular formula is C22H23ClN4O2. The second-order valence-electron chi connectivity index (χ2n) is 6.92. The molecule has 2 aromatic carbocycles. The number of hydrogen-bond acceptors (Lipinski definition) is 3. The molecule has 29 heavy (non-hydrogen) atoms. The zero-order chi connectivity index (χ0) is 20.8. The van der Waals surface area contributed by atoms with E-state index in [1.165, 1.54) is 0 Å². The number of nitrogens with one attached hydrogen (secondary N) is 2. The standard InChI is InChI=1S/C22H23ClN4O2/c1-15(2)27-20(12-13-24-27)26-21(28)14-19(16-8-4-3-5-9-16)25-22(29)17-10-6-7-11-18(17)23/h3-13,15,19H,14H2,1-2H3,(H,25,29)(H,26,28). The summed E-state index contributed by atoms with van der Waals surface area (Å²) in [6.07, 6.45) is 1.72. The lowest BCUT2D eigenvalue weighted by Gasteiger charge is -2.20. The number of rotatable bonds is 7. The Hall–Kier alpha value is -3.12. The summed E-state index contributed by atoms with van der Waals surface area (Å²) in [6, 6.07) is 17.6. The predicted octanol–water partition coefficient (Wildman–Crippen LogP) is 4.62. The first kappa shape index (κ1) is 20.6. The minimum Gasteiger partial charge on any atom is -0.345 e. The molecule has 2 amide bonds. The van der Waals surface area contributed by atoms with Crippen LogP contribution in [0.25, 0.3) is 0 Å². The van der Waals surface area contributed by atoms with Crippen molar-refractivity contribution in [2.45, 2.75) is 32.4 Å². The first-order chi connectivity index (χ1) is 14.0. The summed E-state index contributed by atoms with van der Waals surface area (Å²) in [7, 11) is 0. The molecule has 0 spiro atoms. The summed E-state index contributed by atoms with van der Waals surface area (Å²) < 4.78 is 1.73. The van der Waals surface area contributed by atoms with Gasteiger partial charge in [-0.1, -0.05) is 54.1 Å². The third kappa shape index (κ3) is 5.23. The van der Waals surface area contributed by atoms with Gasteiger partial charge in [0.05, 0.1) is 29.2 Å². The number of aromatic nitrogens is 2. The minimum atomic E-state index is -0.504. The molecular weight excluding hydrogens is 388 g/mol. The van der Waals surface area contributed by atoms with Crippen molar-refractivity contribution in [2.24, 2.45) is 0 Å². The van der Waals surface area contributed by atoms with Crippen molar-refractivity contribution in [2.75, 3.05) is 5.32 Å². The van der Waals surface area contributed by atoms with Gasteiger partial charge in [-0.05, 0) is 31.5 Å². The molecule has 1 heterocycles. The quantitative estimate of drug-likeness (QED) is 0.596. The fraction of sp³-hybridized carbons (Fsp3) is 0.227. The SMILES string of the molecule is CC(C)n1nccc1NC(=O)CC(NC(=O)c1ccccc1Cl)c1ccccc1. The van der Waals surface area contributed by atoms with E-state index >= 15 is 0 Å². The molecule has 7 heteroatoms. The number of halogens is 1. The lowest BCUT2D eigenvalue weighted by Crippen LogP contribution is -2.32. The molecule has 1 atom stereocenters. The number of anilines is 1. The molecule has 0 saturated carbocycles. The number of carbonyl (C=O) groups excluding carboxylic acids is 2. The van der Waals surface area contributed by atoms with Gasteiger partial charge in [0, 0.05) is 12.1 Å². The summed E-state index contributed by atoms with van der Waals surface area (Å²) in [6.45, 7) is 3.97. The van der Waals surface area contributed by atoms with Gasteiger partial charge in [-0.15, -0.1) is 0 Å². The fourth-order valence-electron chi connectivity index (χ4n) is 3.02. The van der Waals surface area contributed by atoms with Gasteiger partial charge in [0.15, 0.2) is 0 Å². The van der Waals surface area contributed by atoms with Crippen molar-refractivity contribution in [1.29, 1.82) is 0 Å². The summed E-state index contributed by atoms with van der Waals surface area (Å²) in [5.41, 5.74) is 1.20. The van der Waals surface area contributed by atoms with E-state index in [2.05, 4.69) is 15.7 Å². The Morgan fingerprint density at radius 2 is 1.72 bits per heavy atom. The van der Waals surface area contributed by atoms with Crippen molar-refractivity contribution in [3.63, 3.8) is 0 Å². The maximum absolute atomic E-state index is 12.7. The third-order valence-corrected chi connectivity index (χ3v) is 4.77. The van der Waals surface area contributed by atoms with Crippen LogP contribution >= 0.6 is 11.6 Å². The molecule has 6 nitrogen and oxygen atoms in total. The van der Waals surface area contributed by atoms with Crippen LogP contribution in [0.2, 0.25) is 5.02 Å². The summed E-state index contributed by atoms with van der Waals surface area (Å²) in [5, 5.41) is 10.4. The Labute approximate surface area is 174 Å². The fourth-order valence-corrected chi connectivity index (χ4v) is 3.24. The van der Waals surface area contributed by atoms with E-state index < -0.39 is 6.04 Å². The molecule has 150 valence electrons. The molecule has 0 aliphatic heterocycles. The van der Waals surface area contributed by atoms with Gasteiger partial charge in [0.1, 0.15) is 5.82 Å². The first-order valence-electron chi connectivity index (χ1n) is 9.39. The topological polar surface area (TPSA) is 76.0 Å². The Bertz CT molecular complexity index is 985. The predicted molar refractivity (Wildman–Crippen MR) is 114 cm³/mol. The monoisotopic (exact) mass is 410 g/mol. The number of amides is 2. The normalized spacial score (nSPS) is 11.9. The molecule has 0 fully saturated rings. The van der Waals surface area contributed by atoms with Gasteiger partial charge >= 0.3 is 0 Å². The van der Waals surface area contributed by atoms with Crippen molar-refractivity contribution in [3.8, 4) is 0 Å². The van der Waals surface area contributed by atoms with Gasteiger partial charge < -0.3 is 10.6 Å². The van der Waals surface area contributed by atoms with E-state index in [1.54, 1.807) is 41.2 Å². The Kier molecular flexibility index (Phi) is 6.67. The van der Waals surface area contributed by atoms with Crippen LogP contribution in [-0.2, 0) is 4.79 Å². The number of nitrogens with zero attached hydrogens (tertiary/aromatic N) is 2. The molecule has 0 radical (unpaired) electrons. The van der Waals surface area contributed by atoms with Crippen LogP contribution in [0.3, 0.4) is 0 Å². The first-order valence-corrected chi connectivity index (χ1v) is 9.77. The maximum atomic E-state index is 12.7. The van der Waals surface area contributed by atoms with Gasteiger partial charge in [-0.3, -0.25) is 9.59 Å². The highest BCUT2D eigenvalue weighted by molar-refractivity contribution is 6.33. The molecule has 0 bridgehead atoms. The molecule has 3 rings (SSSR count). The van der Waals surface area contributed by atoms with Gasteiger partial charge in [-0.2, -0.15) is 5.10 Å². The van der Waals surface area contributed by atoms with Crippen molar-refractivity contribution < 1.29 is 9.59 Å². The molecule has 0 aliphatic rings. The van der Waals surface area contributed by atoms with Gasteiger partial charge in [0.25, 0.3) is 5.91 Å². The zero-order valence-corrected chi connectivity index (χ0v) is 17.1. The van der Waals surface area contributed by atoms with E-state index in [1.807, 2.05) is 44.2 Å². The molecule has 0 aliphatic carbocycles. The summed E-state index contributed by atoms with van der Waals surface area (Å²) in [4.78, 5) is 25.5. The Balaban J connectivity index is 1.77. The molecule has 0 saturated heterocycles. The second-order valence-corrected chi connectivity index (χ2v) is 7.33. The van der Waals surface area contributed by atoms with Crippen LogP contribution < -0.4 is 10.6 Å². The average Bonchev–Trinajstić information content (AvgIpc) is 3.16. The second kappa shape index (κ2) is 9.39. The highest BCUT2D eigenvalue weighted by Gasteiger charge is 2.21. The van der Waals surface area contributed by atoms with Crippen LogP contribution in [0.1, 0.15) is 48.3 Å². The zero-order valence-electron chi connectivity index (χ0n) is 16.3. The van der Waals surface area contributed by atoms with E-state index in [-0.39, 0.29) is 24.3 Å². The largest absolute Gasteiger partial charge is 0.345 e. The summed E-state index contributed by atoms with van der Waals surface area (Å²) >= 11 is 6.15. The number of benzene rings is 2. The highest BCUT2D eigenvalue weighted by Crippen LogP contribution is 2.21. The van der Waals surface area contributed by atoms with E-state index in [4.69, 9.17) is 11.6 Å². The van der Waals surface area contributed by atoms with Crippen LogP contribution in [-0.4, -0.2) is 21.6 Å². The molecule has 1 unspecified atom stereocenters. The molecule has 1 aromatic heterocycles. The smallest absolute Gasteiger partial charge is 0.253 e. The Morgan fingerprint density at radius 1 is 1.03 bits per heavy atom. The highest BCUT2D eigenvalue weighted by atomic mass is 35.5. The van der Waals surface area contributed by atoms with E-state index in [0.29, 0.717) is 16.4 Å². The third-order valence-electron chi connectivity index (χ3n) is 4.44. The van der Waals surface area contributed by atoms with Crippen LogP contribution in [0.5, 0.6) is 0 Å². The number of carbonyl (C=O) groups is 2.